The number of carbonyl (C=O) groups is 2. The maximum absolute atomic E-state index is 12.0. The van der Waals surface area contributed by atoms with E-state index in [2.05, 4.69) is 10.1 Å². The molecule has 2 atom stereocenters. The first-order valence-corrected chi connectivity index (χ1v) is 6.04. The molecule has 0 aliphatic carbocycles. The van der Waals surface area contributed by atoms with Crippen molar-refractivity contribution in [3.63, 3.8) is 0 Å². The van der Waals surface area contributed by atoms with Gasteiger partial charge in [-0.3, -0.25) is 4.79 Å². The van der Waals surface area contributed by atoms with Gasteiger partial charge in [-0.25, -0.2) is 4.79 Å². The van der Waals surface area contributed by atoms with Crippen LogP contribution in [0.15, 0.2) is 24.3 Å². The number of methoxy groups -OCH3 is 1. The van der Waals surface area contributed by atoms with E-state index in [9.17, 15) is 9.59 Å². The Morgan fingerprint density at radius 2 is 2.00 bits per heavy atom. The average molecular weight is 276 g/mol. The third-order valence-corrected chi connectivity index (χ3v) is 2.85. The van der Waals surface area contributed by atoms with Crippen molar-refractivity contribution in [3.05, 3.63) is 29.8 Å². The van der Waals surface area contributed by atoms with Gasteiger partial charge in [-0.1, -0.05) is 6.92 Å². The Balaban J connectivity index is 2.84. The highest BCUT2D eigenvalue weighted by molar-refractivity contribution is 5.96. The van der Waals surface area contributed by atoms with Crippen LogP contribution in [0.3, 0.4) is 0 Å². The second-order valence-electron chi connectivity index (χ2n) is 4.36. The van der Waals surface area contributed by atoms with Gasteiger partial charge in [-0.05, 0) is 24.3 Å². The third-order valence-electron chi connectivity index (χ3n) is 2.85. The van der Waals surface area contributed by atoms with E-state index in [1.165, 1.54) is 31.4 Å². The van der Waals surface area contributed by atoms with Crippen LogP contribution in [0.25, 0.3) is 0 Å². The number of ether oxygens (including phenoxy) is 1. The Kier molecular flexibility index (Phi) is 5.54. The molecule has 1 aromatic carbocycles. The van der Waals surface area contributed by atoms with Crippen molar-refractivity contribution in [3.8, 4) is 11.8 Å². The summed E-state index contributed by atoms with van der Waals surface area (Å²) < 4.78 is 4.63. The maximum Gasteiger partial charge on any atom is 0.328 e. The van der Waals surface area contributed by atoms with E-state index in [1.54, 1.807) is 6.92 Å². The van der Waals surface area contributed by atoms with E-state index < -0.39 is 17.9 Å². The molecule has 20 heavy (non-hydrogen) atoms. The summed E-state index contributed by atoms with van der Waals surface area (Å²) in [5, 5.41) is 20.4. The van der Waals surface area contributed by atoms with Gasteiger partial charge in [0.15, 0.2) is 0 Å². The van der Waals surface area contributed by atoms with Crippen molar-refractivity contribution >= 4 is 11.9 Å². The van der Waals surface area contributed by atoms with Crippen molar-refractivity contribution in [1.29, 1.82) is 5.26 Å². The number of phenolic OH excluding ortho intramolecular Hbond substituents is 1. The fourth-order valence-corrected chi connectivity index (χ4v) is 1.66. The summed E-state index contributed by atoms with van der Waals surface area (Å²) in [6.07, 6.45) is 0.121. The monoisotopic (exact) mass is 276 g/mol. The van der Waals surface area contributed by atoms with Crippen LogP contribution in [0.1, 0.15) is 23.7 Å². The fourth-order valence-electron chi connectivity index (χ4n) is 1.66. The van der Waals surface area contributed by atoms with Crippen LogP contribution in [0.2, 0.25) is 0 Å². The highest BCUT2D eigenvalue weighted by atomic mass is 16.5. The summed E-state index contributed by atoms with van der Waals surface area (Å²) in [6, 6.07) is 6.70. The van der Waals surface area contributed by atoms with Crippen molar-refractivity contribution < 1.29 is 19.4 Å². The normalized spacial score (nSPS) is 12.8. The Labute approximate surface area is 117 Å². The molecule has 2 N–H and O–H groups in total. The Morgan fingerprint density at radius 1 is 1.40 bits per heavy atom. The molecule has 0 spiro atoms. The maximum atomic E-state index is 12.0. The van der Waals surface area contributed by atoms with Gasteiger partial charge in [0, 0.05) is 17.9 Å². The SMILES string of the molecule is COC(=O)[C@@H](NC(=O)c1ccc(O)cc1)[C@H](C)CC#N. The minimum atomic E-state index is -0.888. The zero-order valence-corrected chi connectivity index (χ0v) is 11.3. The molecule has 0 aromatic heterocycles. The van der Waals surface area contributed by atoms with Gasteiger partial charge in [0.25, 0.3) is 5.91 Å². The molecule has 0 radical (unpaired) electrons. The molecule has 0 aliphatic heterocycles. The van der Waals surface area contributed by atoms with Gasteiger partial charge in [0.1, 0.15) is 11.8 Å². The summed E-state index contributed by atoms with van der Waals surface area (Å²) in [5.41, 5.74) is 0.306. The predicted molar refractivity (Wildman–Crippen MR) is 70.8 cm³/mol. The Bertz CT molecular complexity index is 519. The van der Waals surface area contributed by atoms with Crippen LogP contribution in [0.5, 0.6) is 5.75 Å². The third kappa shape index (κ3) is 3.99. The number of hydrogen-bond donors (Lipinski definition) is 2. The first-order valence-electron chi connectivity index (χ1n) is 6.04. The molecule has 0 aliphatic rings. The number of nitrogens with one attached hydrogen (secondary N) is 1. The van der Waals surface area contributed by atoms with Crippen LogP contribution >= 0.6 is 0 Å². The van der Waals surface area contributed by atoms with Gasteiger partial charge in [-0.2, -0.15) is 5.26 Å². The number of amides is 1. The standard InChI is InChI=1S/C14H16N2O4/c1-9(7-8-15)12(14(19)20-2)16-13(18)10-3-5-11(17)6-4-10/h3-6,9,12,17H,7H2,1-2H3,(H,16,18)/t9-,12+/m1/s1. The van der Waals surface area contributed by atoms with E-state index in [0.29, 0.717) is 5.56 Å². The highest BCUT2D eigenvalue weighted by Gasteiger charge is 2.27. The lowest BCUT2D eigenvalue weighted by Crippen LogP contribution is -2.45. The molecule has 106 valence electrons. The molecule has 0 unspecified atom stereocenters. The second-order valence-corrected chi connectivity index (χ2v) is 4.36. The Hall–Kier alpha value is -2.55. The summed E-state index contributed by atoms with van der Waals surface area (Å²) in [4.78, 5) is 23.7. The number of benzene rings is 1. The van der Waals surface area contributed by atoms with Crippen LogP contribution in [-0.4, -0.2) is 30.1 Å². The molecule has 0 saturated carbocycles. The van der Waals surface area contributed by atoms with Crippen molar-refractivity contribution in [2.75, 3.05) is 7.11 Å². The number of esters is 1. The minimum Gasteiger partial charge on any atom is -0.508 e. The molecule has 0 saturated heterocycles. The quantitative estimate of drug-likeness (QED) is 0.787. The van der Waals surface area contributed by atoms with Gasteiger partial charge in [-0.15, -0.1) is 0 Å². The molecule has 0 bridgehead atoms. The first-order chi connectivity index (χ1) is 9.49. The van der Waals surface area contributed by atoms with Crippen molar-refractivity contribution in [2.24, 2.45) is 5.92 Å². The van der Waals surface area contributed by atoms with Gasteiger partial charge in [0.05, 0.1) is 13.2 Å². The molecule has 6 heteroatoms. The number of carbonyl (C=O) groups excluding carboxylic acids is 2. The average Bonchev–Trinajstić information content (AvgIpc) is 2.44. The van der Waals surface area contributed by atoms with E-state index in [-0.39, 0.29) is 18.1 Å². The van der Waals surface area contributed by atoms with E-state index >= 15 is 0 Å². The van der Waals surface area contributed by atoms with Crippen LogP contribution in [0, 0.1) is 17.2 Å². The molecule has 1 amide bonds. The van der Waals surface area contributed by atoms with Crippen molar-refractivity contribution in [2.45, 2.75) is 19.4 Å². The van der Waals surface area contributed by atoms with Crippen LogP contribution < -0.4 is 5.32 Å². The summed E-state index contributed by atoms with van der Waals surface area (Å²) in [6.45, 7) is 1.68. The van der Waals surface area contributed by atoms with Crippen molar-refractivity contribution in [1.82, 2.24) is 5.32 Å². The van der Waals surface area contributed by atoms with Crippen LogP contribution in [-0.2, 0) is 9.53 Å². The topological polar surface area (TPSA) is 99.4 Å². The summed E-state index contributed by atoms with van der Waals surface area (Å²) in [7, 11) is 1.22. The lowest BCUT2D eigenvalue weighted by molar-refractivity contribution is -0.144. The smallest absolute Gasteiger partial charge is 0.328 e. The minimum absolute atomic E-state index is 0.0453. The van der Waals surface area contributed by atoms with Crippen LogP contribution in [0.4, 0.5) is 0 Å². The van der Waals surface area contributed by atoms with E-state index in [1.807, 2.05) is 6.07 Å². The molecule has 6 nitrogen and oxygen atoms in total. The number of rotatable bonds is 5. The lowest BCUT2D eigenvalue weighted by Gasteiger charge is -2.21. The molecular weight excluding hydrogens is 260 g/mol. The number of phenols is 1. The molecule has 0 heterocycles. The Morgan fingerprint density at radius 3 is 2.50 bits per heavy atom. The summed E-state index contributed by atoms with van der Waals surface area (Å²) >= 11 is 0. The molecule has 1 aromatic rings. The second kappa shape index (κ2) is 7.14. The van der Waals surface area contributed by atoms with Gasteiger partial charge in [0.2, 0.25) is 0 Å². The highest BCUT2D eigenvalue weighted by Crippen LogP contribution is 2.13. The summed E-state index contributed by atoms with van der Waals surface area (Å²) in [5.74, 6) is -1.39. The first kappa shape index (κ1) is 15.5. The van der Waals surface area contributed by atoms with Gasteiger partial charge < -0.3 is 15.2 Å². The van der Waals surface area contributed by atoms with E-state index in [4.69, 9.17) is 10.4 Å². The largest absolute Gasteiger partial charge is 0.508 e. The zero-order valence-electron chi connectivity index (χ0n) is 11.3. The zero-order chi connectivity index (χ0) is 15.1. The molecule has 0 fully saturated rings. The number of hydrogen-bond acceptors (Lipinski definition) is 5. The number of nitriles is 1. The van der Waals surface area contributed by atoms with Gasteiger partial charge >= 0.3 is 5.97 Å². The molecular formula is C14H16N2O4. The number of nitrogens with zero attached hydrogens (tertiary/aromatic N) is 1. The number of aromatic hydroxyl groups is 1. The fraction of sp³-hybridized carbons (Fsp3) is 0.357. The molecule has 1 rings (SSSR count). The predicted octanol–water partition coefficient (Wildman–Crippen LogP) is 1.21. The van der Waals surface area contributed by atoms with E-state index in [0.717, 1.165) is 0 Å². The lowest BCUT2D eigenvalue weighted by atomic mass is 9.98.